The van der Waals surface area contributed by atoms with Crippen molar-refractivity contribution < 1.29 is 28.6 Å². The lowest BCUT2D eigenvalue weighted by Gasteiger charge is -2.37. The molecule has 0 unspecified atom stereocenters. The summed E-state index contributed by atoms with van der Waals surface area (Å²) < 4.78 is 15.8. The number of dihydropyridines is 1. The van der Waals surface area contributed by atoms with Crippen molar-refractivity contribution >= 4 is 29.1 Å². The van der Waals surface area contributed by atoms with E-state index in [2.05, 4.69) is 5.32 Å². The smallest absolute Gasteiger partial charge is 0.337 e. The number of carbonyl (C=O) groups is 3. The molecule has 0 amide bonds. The number of methoxy groups -OCH3 is 2. The predicted molar refractivity (Wildman–Crippen MR) is 127 cm³/mol. The Balaban J connectivity index is 1.67. The van der Waals surface area contributed by atoms with E-state index in [4.69, 9.17) is 14.2 Å². The monoisotopic (exact) mass is 481 g/mol. The van der Waals surface area contributed by atoms with Crippen molar-refractivity contribution in [1.82, 2.24) is 5.32 Å². The zero-order valence-electron chi connectivity index (χ0n) is 19.5. The average Bonchev–Trinajstić information content (AvgIpc) is 3.36. The van der Waals surface area contributed by atoms with E-state index in [9.17, 15) is 14.4 Å². The second kappa shape index (κ2) is 9.85. The summed E-state index contributed by atoms with van der Waals surface area (Å²) in [4.78, 5) is 40.3. The second-order valence-electron chi connectivity index (χ2n) is 8.48. The number of esters is 2. The van der Waals surface area contributed by atoms with Gasteiger partial charge in [-0.15, -0.1) is 11.3 Å². The molecule has 0 saturated heterocycles. The third-order valence-electron chi connectivity index (χ3n) is 6.32. The number of ether oxygens (including phenoxy) is 3. The van der Waals surface area contributed by atoms with E-state index in [0.717, 1.165) is 16.1 Å². The Hall–Kier alpha value is -3.39. The van der Waals surface area contributed by atoms with E-state index in [0.29, 0.717) is 29.0 Å². The Labute approximate surface area is 202 Å². The first kappa shape index (κ1) is 23.8. The average molecular weight is 482 g/mol. The van der Waals surface area contributed by atoms with Gasteiger partial charge in [0.25, 0.3) is 0 Å². The molecule has 34 heavy (non-hydrogen) atoms. The molecule has 0 bridgehead atoms. The van der Waals surface area contributed by atoms with Gasteiger partial charge in [0.2, 0.25) is 0 Å². The van der Waals surface area contributed by atoms with Crippen LogP contribution >= 0.6 is 11.3 Å². The molecule has 3 atom stereocenters. The van der Waals surface area contributed by atoms with Crippen LogP contribution in [0.25, 0.3) is 0 Å². The quantitative estimate of drug-likeness (QED) is 0.490. The molecule has 1 N–H and O–H groups in total. The Morgan fingerprint density at radius 1 is 1.15 bits per heavy atom. The summed E-state index contributed by atoms with van der Waals surface area (Å²) in [7, 11) is 2.88. The summed E-state index contributed by atoms with van der Waals surface area (Å²) in [6.07, 6.45) is 0.508. The van der Waals surface area contributed by atoms with Crippen LogP contribution in [0.5, 0.6) is 5.75 Å². The number of rotatable bonds is 6. The van der Waals surface area contributed by atoms with Crippen LogP contribution in [0.3, 0.4) is 0 Å². The third kappa shape index (κ3) is 4.37. The van der Waals surface area contributed by atoms with Gasteiger partial charge in [-0.1, -0.05) is 25.1 Å². The van der Waals surface area contributed by atoms with Gasteiger partial charge in [0.15, 0.2) is 5.78 Å². The van der Waals surface area contributed by atoms with Gasteiger partial charge in [-0.25, -0.2) is 4.79 Å². The molecule has 7 nitrogen and oxygen atoms in total. The maximum absolute atomic E-state index is 13.6. The maximum Gasteiger partial charge on any atom is 0.337 e. The standard InChI is InChI=1S/C26H27NO6S/c1-14-12-18-22(24(28)20(14)25(29)32-4)23(19-6-5-11-34-19)21(15(2)27-18)26(30)33-13-16-7-9-17(31-3)10-8-16/h5-11,14,20,23,27H,12-13H2,1-4H3/t14-,20-,23-/m0/s1. The summed E-state index contributed by atoms with van der Waals surface area (Å²) in [5, 5.41) is 5.17. The Morgan fingerprint density at radius 2 is 1.88 bits per heavy atom. The number of ketones is 1. The topological polar surface area (TPSA) is 90.9 Å². The highest BCUT2D eigenvalue weighted by molar-refractivity contribution is 7.10. The van der Waals surface area contributed by atoms with E-state index in [1.807, 2.05) is 43.5 Å². The minimum absolute atomic E-state index is 0.0818. The minimum atomic E-state index is -0.900. The van der Waals surface area contributed by atoms with Crippen LogP contribution in [0.1, 0.15) is 36.6 Å². The normalized spacial score (nSPS) is 22.1. The molecule has 2 heterocycles. The molecule has 4 rings (SSSR count). The van der Waals surface area contributed by atoms with Gasteiger partial charge in [0.05, 0.1) is 25.7 Å². The van der Waals surface area contributed by atoms with Crippen molar-refractivity contribution in [3.05, 3.63) is 74.8 Å². The first-order valence-electron chi connectivity index (χ1n) is 11.0. The van der Waals surface area contributed by atoms with Crippen LogP contribution in [0.4, 0.5) is 0 Å². The molecule has 0 spiro atoms. The molecule has 0 radical (unpaired) electrons. The van der Waals surface area contributed by atoms with Crippen LogP contribution in [0, 0.1) is 11.8 Å². The predicted octanol–water partition coefficient (Wildman–Crippen LogP) is 4.11. The van der Waals surface area contributed by atoms with Crippen molar-refractivity contribution in [2.75, 3.05) is 14.2 Å². The van der Waals surface area contributed by atoms with Gasteiger partial charge >= 0.3 is 11.9 Å². The highest BCUT2D eigenvalue weighted by Crippen LogP contribution is 2.46. The largest absolute Gasteiger partial charge is 0.497 e. The van der Waals surface area contributed by atoms with Crippen molar-refractivity contribution in [1.29, 1.82) is 0 Å². The maximum atomic E-state index is 13.6. The number of hydrogen-bond donors (Lipinski definition) is 1. The molecule has 2 aliphatic rings. The lowest BCUT2D eigenvalue weighted by Crippen LogP contribution is -2.43. The number of carbonyl (C=O) groups excluding carboxylic acids is 3. The van der Waals surface area contributed by atoms with E-state index in [1.165, 1.54) is 18.4 Å². The van der Waals surface area contributed by atoms with Crippen molar-refractivity contribution in [2.45, 2.75) is 32.8 Å². The fraction of sp³-hybridized carbons (Fsp3) is 0.346. The van der Waals surface area contributed by atoms with Crippen LogP contribution in [0.2, 0.25) is 0 Å². The van der Waals surface area contributed by atoms with Crippen molar-refractivity contribution in [2.24, 2.45) is 11.8 Å². The van der Waals surface area contributed by atoms with Gasteiger partial charge in [-0.3, -0.25) is 9.59 Å². The zero-order valence-corrected chi connectivity index (χ0v) is 20.4. The first-order chi connectivity index (χ1) is 16.3. The molecule has 2 aromatic rings. The molecular weight excluding hydrogens is 454 g/mol. The van der Waals surface area contributed by atoms with Crippen molar-refractivity contribution in [3.63, 3.8) is 0 Å². The number of allylic oxidation sites excluding steroid dienone is 3. The SMILES string of the molecule is COC(=O)[C@@H]1C(=O)C2=C(C[C@@H]1C)NC(C)=C(C(=O)OCc1ccc(OC)cc1)[C@@H]2c1cccs1. The Bertz CT molecular complexity index is 1160. The number of benzene rings is 1. The number of hydrogen-bond acceptors (Lipinski definition) is 8. The molecule has 1 aromatic heterocycles. The molecular formula is C26H27NO6S. The molecule has 1 aliphatic heterocycles. The zero-order chi connectivity index (χ0) is 24.4. The summed E-state index contributed by atoms with van der Waals surface area (Å²) in [6, 6.07) is 11.0. The lowest BCUT2D eigenvalue weighted by molar-refractivity contribution is -0.151. The van der Waals surface area contributed by atoms with Crippen molar-refractivity contribution in [3.8, 4) is 5.75 Å². The summed E-state index contributed by atoms with van der Waals surface area (Å²) in [6.45, 7) is 3.76. The fourth-order valence-electron chi connectivity index (χ4n) is 4.64. The Kier molecular flexibility index (Phi) is 6.88. The van der Waals surface area contributed by atoms with E-state index >= 15 is 0 Å². The van der Waals surface area contributed by atoms with E-state index in [1.54, 1.807) is 19.2 Å². The van der Waals surface area contributed by atoms with Gasteiger partial charge in [-0.2, -0.15) is 0 Å². The third-order valence-corrected chi connectivity index (χ3v) is 7.26. The fourth-order valence-corrected chi connectivity index (χ4v) is 5.48. The van der Waals surface area contributed by atoms with Crippen LogP contribution in [0.15, 0.2) is 64.3 Å². The molecule has 178 valence electrons. The van der Waals surface area contributed by atoms with Crippen LogP contribution in [-0.2, 0) is 30.5 Å². The van der Waals surface area contributed by atoms with Crippen LogP contribution in [-0.4, -0.2) is 31.9 Å². The summed E-state index contributed by atoms with van der Waals surface area (Å²) >= 11 is 1.46. The van der Waals surface area contributed by atoms with E-state index in [-0.39, 0.29) is 18.3 Å². The highest BCUT2D eigenvalue weighted by Gasteiger charge is 2.47. The number of Topliss-reactive ketones (excluding diaryl/α,β-unsaturated/α-hetero) is 1. The van der Waals surface area contributed by atoms with Gasteiger partial charge in [-0.05, 0) is 48.4 Å². The number of nitrogens with one attached hydrogen (secondary N) is 1. The first-order valence-corrected chi connectivity index (χ1v) is 11.9. The highest BCUT2D eigenvalue weighted by atomic mass is 32.1. The van der Waals surface area contributed by atoms with Gasteiger partial charge in [0, 0.05) is 21.8 Å². The van der Waals surface area contributed by atoms with Gasteiger partial charge < -0.3 is 19.5 Å². The minimum Gasteiger partial charge on any atom is -0.497 e. The molecule has 1 aliphatic carbocycles. The molecule has 1 aromatic carbocycles. The van der Waals surface area contributed by atoms with Crippen LogP contribution < -0.4 is 10.1 Å². The number of thiophene rings is 1. The summed E-state index contributed by atoms with van der Waals surface area (Å²) in [5.74, 6) is -2.37. The Morgan fingerprint density at radius 3 is 2.50 bits per heavy atom. The molecule has 8 heteroatoms. The van der Waals surface area contributed by atoms with E-state index < -0.39 is 23.8 Å². The summed E-state index contributed by atoms with van der Waals surface area (Å²) in [5.41, 5.74) is 3.03. The molecule has 0 saturated carbocycles. The van der Waals surface area contributed by atoms with Gasteiger partial charge in [0.1, 0.15) is 18.3 Å². The molecule has 0 fully saturated rings. The second-order valence-corrected chi connectivity index (χ2v) is 9.45. The lowest BCUT2D eigenvalue weighted by atomic mass is 9.70.